The Morgan fingerprint density at radius 1 is 1.35 bits per heavy atom. The van der Waals surface area contributed by atoms with Crippen molar-refractivity contribution in [3.05, 3.63) is 40.9 Å². The van der Waals surface area contributed by atoms with Crippen molar-refractivity contribution in [2.24, 2.45) is 0 Å². The van der Waals surface area contributed by atoms with Crippen LogP contribution < -0.4 is 9.80 Å². The minimum Gasteiger partial charge on any atom is -0.365 e. The van der Waals surface area contributed by atoms with Crippen molar-refractivity contribution in [3.63, 3.8) is 0 Å². The van der Waals surface area contributed by atoms with E-state index in [9.17, 15) is 4.79 Å². The Hall–Kier alpha value is -1.92. The van der Waals surface area contributed by atoms with Crippen LogP contribution in [0.2, 0.25) is 0 Å². The summed E-state index contributed by atoms with van der Waals surface area (Å²) < 4.78 is 5.77. The van der Waals surface area contributed by atoms with Gasteiger partial charge in [0.15, 0.2) is 11.2 Å². The van der Waals surface area contributed by atoms with Gasteiger partial charge in [-0.15, -0.1) is 11.3 Å². The summed E-state index contributed by atoms with van der Waals surface area (Å²) in [5.74, 6) is 0.0629. The number of rotatable bonds is 2. The molecule has 1 amide bonds. The number of carbonyl (C=O) groups excluding carboxylic acids is 1. The summed E-state index contributed by atoms with van der Waals surface area (Å²) >= 11 is 1.66. The predicted octanol–water partition coefficient (Wildman–Crippen LogP) is 2.25. The lowest BCUT2D eigenvalue weighted by molar-refractivity contribution is -0.130. The van der Waals surface area contributed by atoms with Crippen molar-refractivity contribution in [2.45, 2.75) is 19.4 Å². The van der Waals surface area contributed by atoms with Crippen LogP contribution in [0.15, 0.2) is 30.5 Å². The fourth-order valence-electron chi connectivity index (χ4n) is 3.20. The molecular formula is C17H19N3O2S. The molecule has 2 aliphatic heterocycles. The molecule has 120 valence electrons. The molecule has 5 nitrogen and oxygen atoms in total. The first-order valence-electron chi connectivity index (χ1n) is 7.90. The molecule has 0 aliphatic carbocycles. The molecule has 0 spiro atoms. The summed E-state index contributed by atoms with van der Waals surface area (Å²) in [6.07, 6.45) is 2.38. The number of fused-ring (bicyclic) bond motifs is 1. The number of nitrogens with zero attached hydrogens (tertiary/aromatic N) is 3. The van der Waals surface area contributed by atoms with Gasteiger partial charge in [-0.3, -0.25) is 4.79 Å². The summed E-state index contributed by atoms with van der Waals surface area (Å²) in [7, 11) is 0. The average Bonchev–Trinajstić information content (AvgIpc) is 3.20. The number of thiazole rings is 1. The van der Waals surface area contributed by atoms with Gasteiger partial charge in [-0.25, -0.2) is 4.98 Å². The molecule has 1 aromatic heterocycles. The van der Waals surface area contributed by atoms with Crippen molar-refractivity contribution in [1.82, 2.24) is 4.98 Å². The van der Waals surface area contributed by atoms with Crippen LogP contribution >= 0.6 is 11.3 Å². The molecule has 3 heterocycles. The number of ether oxygens (including phenoxy) is 1. The molecule has 4 rings (SSSR count). The van der Waals surface area contributed by atoms with Crippen LogP contribution in [0.1, 0.15) is 10.4 Å². The van der Waals surface area contributed by atoms with Crippen LogP contribution in [-0.4, -0.2) is 43.2 Å². The number of hydrogen-bond acceptors (Lipinski definition) is 5. The first-order chi connectivity index (χ1) is 11.2. The molecule has 1 atom stereocenters. The van der Waals surface area contributed by atoms with Crippen LogP contribution in [0, 0.1) is 6.92 Å². The van der Waals surface area contributed by atoms with Crippen LogP contribution in [0.25, 0.3) is 0 Å². The average molecular weight is 329 g/mol. The predicted molar refractivity (Wildman–Crippen MR) is 91.3 cm³/mol. The van der Waals surface area contributed by atoms with Gasteiger partial charge in [0.05, 0.1) is 13.2 Å². The number of para-hydroxylation sites is 1. The van der Waals surface area contributed by atoms with Crippen molar-refractivity contribution in [3.8, 4) is 0 Å². The summed E-state index contributed by atoms with van der Waals surface area (Å²) in [5, 5.41) is 0.977. The number of aromatic nitrogens is 1. The Morgan fingerprint density at radius 3 is 3.04 bits per heavy atom. The molecule has 1 saturated heterocycles. The van der Waals surface area contributed by atoms with Gasteiger partial charge in [0, 0.05) is 29.9 Å². The molecule has 1 unspecified atom stereocenters. The molecule has 2 aromatic rings. The number of anilines is 2. The monoisotopic (exact) mass is 329 g/mol. The smallest absolute Gasteiger partial charge is 0.257 e. The van der Waals surface area contributed by atoms with Crippen molar-refractivity contribution < 1.29 is 9.53 Å². The molecule has 0 N–H and O–H groups in total. The third kappa shape index (κ3) is 2.72. The Morgan fingerprint density at radius 2 is 2.22 bits per heavy atom. The lowest BCUT2D eigenvalue weighted by atomic mass is 10.2. The maximum Gasteiger partial charge on any atom is 0.257 e. The second-order valence-electron chi connectivity index (χ2n) is 5.93. The van der Waals surface area contributed by atoms with E-state index in [4.69, 9.17) is 4.74 Å². The van der Waals surface area contributed by atoms with Gasteiger partial charge in [-0.1, -0.05) is 18.2 Å². The second kappa shape index (κ2) is 5.94. The van der Waals surface area contributed by atoms with Crippen molar-refractivity contribution >= 4 is 28.1 Å². The van der Waals surface area contributed by atoms with Gasteiger partial charge in [0.1, 0.15) is 0 Å². The maximum atomic E-state index is 12.9. The Bertz CT molecular complexity index is 730. The van der Waals surface area contributed by atoms with Gasteiger partial charge in [0.25, 0.3) is 5.91 Å². The first kappa shape index (κ1) is 14.7. The van der Waals surface area contributed by atoms with E-state index in [0.717, 1.165) is 30.3 Å². The van der Waals surface area contributed by atoms with Gasteiger partial charge in [-0.05, 0) is 25.0 Å². The quantitative estimate of drug-likeness (QED) is 0.848. The van der Waals surface area contributed by atoms with Crippen LogP contribution in [-0.2, 0) is 16.0 Å². The number of benzene rings is 1. The Balaban J connectivity index is 1.51. The molecule has 1 fully saturated rings. The zero-order valence-electron chi connectivity index (χ0n) is 13.1. The van der Waals surface area contributed by atoms with Crippen LogP contribution in [0.3, 0.4) is 0 Å². The SMILES string of the molecule is Cc1cnc(N2CCOC(C(=O)N3CCc4ccccc43)C2)s1. The summed E-state index contributed by atoms with van der Waals surface area (Å²) in [5.41, 5.74) is 2.27. The summed E-state index contributed by atoms with van der Waals surface area (Å²) in [6, 6.07) is 8.12. The zero-order chi connectivity index (χ0) is 15.8. The highest BCUT2D eigenvalue weighted by molar-refractivity contribution is 7.15. The molecule has 6 heteroatoms. The molecule has 1 aromatic carbocycles. The second-order valence-corrected chi connectivity index (χ2v) is 7.14. The van der Waals surface area contributed by atoms with Gasteiger partial charge >= 0.3 is 0 Å². The van der Waals surface area contributed by atoms with E-state index in [2.05, 4.69) is 16.0 Å². The lowest BCUT2D eigenvalue weighted by Crippen LogP contribution is -2.51. The minimum atomic E-state index is -0.417. The molecule has 0 bridgehead atoms. The van der Waals surface area contributed by atoms with Gasteiger partial charge in [0.2, 0.25) is 0 Å². The summed E-state index contributed by atoms with van der Waals surface area (Å²) in [6.45, 7) is 4.71. The molecular weight excluding hydrogens is 310 g/mol. The van der Waals surface area contributed by atoms with Gasteiger partial charge in [-0.2, -0.15) is 0 Å². The van der Waals surface area contributed by atoms with E-state index in [1.807, 2.05) is 36.2 Å². The maximum absolute atomic E-state index is 12.9. The zero-order valence-corrected chi connectivity index (χ0v) is 13.9. The third-order valence-corrected chi connectivity index (χ3v) is 5.35. The van der Waals surface area contributed by atoms with Crippen molar-refractivity contribution in [2.75, 3.05) is 36.0 Å². The van der Waals surface area contributed by atoms with Crippen molar-refractivity contribution in [1.29, 1.82) is 0 Å². The number of hydrogen-bond donors (Lipinski definition) is 0. The topological polar surface area (TPSA) is 45.7 Å². The lowest BCUT2D eigenvalue weighted by Gasteiger charge is -2.34. The van der Waals surface area contributed by atoms with E-state index < -0.39 is 6.10 Å². The number of amides is 1. The van der Waals surface area contributed by atoms with E-state index >= 15 is 0 Å². The fourth-order valence-corrected chi connectivity index (χ4v) is 4.00. The number of morpholine rings is 1. The first-order valence-corrected chi connectivity index (χ1v) is 8.72. The Kier molecular flexibility index (Phi) is 3.79. The van der Waals surface area contributed by atoms with Crippen LogP contribution in [0.5, 0.6) is 0 Å². The molecule has 23 heavy (non-hydrogen) atoms. The minimum absolute atomic E-state index is 0.0629. The highest BCUT2D eigenvalue weighted by atomic mass is 32.1. The Labute approximate surface area is 139 Å². The highest BCUT2D eigenvalue weighted by Gasteiger charge is 2.34. The normalized spacial score (nSPS) is 20.7. The highest BCUT2D eigenvalue weighted by Crippen LogP contribution is 2.29. The van der Waals surface area contributed by atoms with Crippen LogP contribution in [0.4, 0.5) is 10.8 Å². The largest absolute Gasteiger partial charge is 0.365 e. The number of carbonyl (C=O) groups is 1. The van der Waals surface area contributed by atoms with Gasteiger partial charge < -0.3 is 14.5 Å². The van der Waals surface area contributed by atoms with E-state index in [1.54, 1.807) is 11.3 Å². The third-order valence-electron chi connectivity index (χ3n) is 4.37. The summed E-state index contributed by atoms with van der Waals surface area (Å²) in [4.78, 5) is 22.5. The molecule has 0 saturated carbocycles. The number of aryl methyl sites for hydroxylation is 1. The molecule has 2 aliphatic rings. The standard InChI is InChI=1S/C17H19N3O2S/c1-12-10-18-17(23-12)19-8-9-22-15(11-19)16(21)20-7-6-13-4-2-3-5-14(13)20/h2-5,10,15H,6-9,11H2,1H3. The molecule has 0 radical (unpaired) electrons. The van der Waals surface area contributed by atoms with E-state index in [0.29, 0.717) is 13.2 Å². The van der Waals surface area contributed by atoms with E-state index in [1.165, 1.54) is 10.4 Å². The fraction of sp³-hybridized carbons (Fsp3) is 0.412. The van der Waals surface area contributed by atoms with E-state index in [-0.39, 0.29) is 5.91 Å².